The van der Waals surface area contributed by atoms with Gasteiger partial charge in [0, 0.05) is 12.6 Å². The average molecular weight is 255 g/mol. The maximum Gasteiger partial charge on any atom is 0.411 e. The molecule has 0 aromatic rings. The van der Waals surface area contributed by atoms with Crippen LogP contribution < -0.4 is 5.32 Å². The van der Waals surface area contributed by atoms with E-state index in [1.807, 2.05) is 0 Å². The van der Waals surface area contributed by atoms with Crippen LogP contribution in [-0.2, 0) is 4.74 Å². The van der Waals surface area contributed by atoms with Gasteiger partial charge in [-0.25, -0.2) is 0 Å². The van der Waals surface area contributed by atoms with Crippen LogP contribution >= 0.6 is 0 Å². The molecule has 0 bridgehead atoms. The largest absolute Gasteiger partial charge is 0.411 e. The van der Waals surface area contributed by atoms with E-state index in [0.29, 0.717) is 18.4 Å². The number of alkyl halides is 3. The van der Waals surface area contributed by atoms with Gasteiger partial charge in [0.05, 0.1) is 0 Å². The third-order valence-corrected chi connectivity index (χ3v) is 2.78. The van der Waals surface area contributed by atoms with Crippen LogP contribution in [0.2, 0.25) is 0 Å². The van der Waals surface area contributed by atoms with Gasteiger partial charge in [-0.2, -0.15) is 13.2 Å². The number of hydrogen-bond acceptors (Lipinski definition) is 2. The molecular weight excluding hydrogens is 231 g/mol. The highest BCUT2D eigenvalue weighted by Gasteiger charge is 2.27. The fourth-order valence-electron chi connectivity index (χ4n) is 1.52. The Hall–Kier alpha value is -0.290. The summed E-state index contributed by atoms with van der Waals surface area (Å²) < 4.78 is 39.9. The number of halogens is 3. The van der Waals surface area contributed by atoms with E-state index in [-0.39, 0.29) is 6.61 Å². The Kier molecular flexibility index (Phi) is 8.60. The SMILES string of the molecule is CCCNC(C)C(C)CCCOCC(F)(F)F. The number of ether oxygens (including phenoxy) is 1. The Labute approximate surface area is 102 Å². The van der Waals surface area contributed by atoms with Crippen molar-refractivity contribution >= 4 is 0 Å². The van der Waals surface area contributed by atoms with Gasteiger partial charge in [0.1, 0.15) is 6.61 Å². The summed E-state index contributed by atoms with van der Waals surface area (Å²) >= 11 is 0. The van der Waals surface area contributed by atoms with Gasteiger partial charge < -0.3 is 10.1 Å². The van der Waals surface area contributed by atoms with Gasteiger partial charge in [0.2, 0.25) is 0 Å². The maximum absolute atomic E-state index is 11.8. The molecule has 0 saturated heterocycles. The summed E-state index contributed by atoms with van der Waals surface area (Å²) in [4.78, 5) is 0. The molecule has 0 heterocycles. The van der Waals surface area contributed by atoms with Gasteiger partial charge in [0.15, 0.2) is 0 Å². The third-order valence-electron chi connectivity index (χ3n) is 2.78. The second-order valence-corrected chi connectivity index (χ2v) is 4.53. The molecular formula is C12H24F3NO. The van der Waals surface area contributed by atoms with Gasteiger partial charge in [-0.3, -0.25) is 0 Å². The van der Waals surface area contributed by atoms with Gasteiger partial charge in [-0.1, -0.05) is 13.8 Å². The molecule has 0 aliphatic carbocycles. The minimum absolute atomic E-state index is 0.185. The second kappa shape index (κ2) is 8.75. The lowest BCUT2D eigenvalue weighted by Crippen LogP contribution is -2.32. The molecule has 2 nitrogen and oxygen atoms in total. The quantitative estimate of drug-likeness (QED) is 0.638. The first-order valence-electron chi connectivity index (χ1n) is 6.24. The lowest BCUT2D eigenvalue weighted by atomic mass is 9.98. The van der Waals surface area contributed by atoms with Crippen molar-refractivity contribution < 1.29 is 17.9 Å². The molecule has 0 aromatic carbocycles. The summed E-state index contributed by atoms with van der Waals surface area (Å²) in [7, 11) is 0. The summed E-state index contributed by atoms with van der Waals surface area (Å²) in [6.07, 6.45) is -1.56. The fraction of sp³-hybridized carbons (Fsp3) is 1.00. The van der Waals surface area contributed by atoms with Crippen molar-refractivity contribution in [2.24, 2.45) is 5.92 Å². The van der Waals surface area contributed by atoms with Crippen LogP contribution in [0, 0.1) is 5.92 Å². The van der Waals surface area contributed by atoms with Gasteiger partial charge in [0.25, 0.3) is 0 Å². The molecule has 0 saturated carbocycles. The summed E-state index contributed by atoms with van der Waals surface area (Å²) in [6.45, 7) is 6.36. The van der Waals surface area contributed by atoms with E-state index >= 15 is 0 Å². The molecule has 0 rings (SSSR count). The van der Waals surface area contributed by atoms with Crippen LogP contribution in [0.4, 0.5) is 13.2 Å². The van der Waals surface area contributed by atoms with Crippen LogP contribution in [0.1, 0.15) is 40.0 Å². The molecule has 1 N–H and O–H groups in total. The highest BCUT2D eigenvalue weighted by atomic mass is 19.4. The smallest absolute Gasteiger partial charge is 0.372 e. The molecule has 104 valence electrons. The van der Waals surface area contributed by atoms with Crippen LogP contribution in [0.15, 0.2) is 0 Å². The highest BCUT2D eigenvalue weighted by molar-refractivity contribution is 4.68. The van der Waals surface area contributed by atoms with E-state index in [9.17, 15) is 13.2 Å². The molecule has 0 spiro atoms. The van der Waals surface area contributed by atoms with E-state index < -0.39 is 12.8 Å². The molecule has 0 radical (unpaired) electrons. The summed E-state index contributed by atoms with van der Waals surface area (Å²) in [5.41, 5.74) is 0. The predicted octanol–water partition coefficient (Wildman–Crippen LogP) is 3.37. The molecule has 0 aliphatic heterocycles. The van der Waals surface area contributed by atoms with Crippen molar-refractivity contribution in [2.75, 3.05) is 19.8 Å². The van der Waals surface area contributed by atoms with Crippen molar-refractivity contribution in [3.8, 4) is 0 Å². The molecule has 0 aromatic heterocycles. The Morgan fingerprint density at radius 1 is 1.24 bits per heavy atom. The van der Waals surface area contributed by atoms with E-state index in [1.165, 1.54) is 0 Å². The standard InChI is InChI=1S/C12H24F3NO/c1-4-7-16-11(3)10(2)6-5-8-17-9-12(13,14)15/h10-11,16H,4-9H2,1-3H3. The normalized spacial score (nSPS) is 15.9. The topological polar surface area (TPSA) is 21.3 Å². The van der Waals surface area contributed by atoms with Crippen LogP contribution in [-0.4, -0.2) is 32.0 Å². The van der Waals surface area contributed by atoms with Crippen molar-refractivity contribution in [2.45, 2.75) is 52.3 Å². The molecule has 0 aliphatic rings. The Morgan fingerprint density at radius 3 is 2.41 bits per heavy atom. The van der Waals surface area contributed by atoms with Gasteiger partial charge in [-0.15, -0.1) is 0 Å². The summed E-state index contributed by atoms with van der Waals surface area (Å²) in [5.74, 6) is 0.455. The molecule has 17 heavy (non-hydrogen) atoms. The first kappa shape index (κ1) is 16.7. The van der Waals surface area contributed by atoms with Crippen molar-refractivity contribution in [1.29, 1.82) is 0 Å². The molecule has 2 atom stereocenters. The van der Waals surface area contributed by atoms with Crippen LogP contribution in [0.25, 0.3) is 0 Å². The molecule has 0 fully saturated rings. The van der Waals surface area contributed by atoms with Crippen molar-refractivity contribution in [3.63, 3.8) is 0 Å². The van der Waals surface area contributed by atoms with E-state index in [4.69, 9.17) is 0 Å². The Bertz CT molecular complexity index is 185. The van der Waals surface area contributed by atoms with Gasteiger partial charge >= 0.3 is 6.18 Å². The monoisotopic (exact) mass is 255 g/mol. The number of rotatable bonds is 9. The summed E-state index contributed by atoms with van der Waals surface area (Å²) in [6, 6.07) is 0.401. The van der Waals surface area contributed by atoms with Crippen LogP contribution in [0.3, 0.4) is 0 Å². The first-order chi connectivity index (χ1) is 7.87. The maximum atomic E-state index is 11.8. The predicted molar refractivity (Wildman–Crippen MR) is 63.0 cm³/mol. The molecule has 2 unspecified atom stereocenters. The second-order valence-electron chi connectivity index (χ2n) is 4.53. The van der Waals surface area contributed by atoms with Crippen molar-refractivity contribution in [3.05, 3.63) is 0 Å². The molecule has 0 amide bonds. The third kappa shape index (κ3) is 10.6. The first-order valence-corrected chi connectivity index (χ1v) is 6.24. The number of hydrogen-bond donors (Lipinski definition) is 1. The summed E-state index contributed by atoms with van der Waals surface area (Å²) in [5, 5.41) is 3.38. The Balaban J connectivity index is 3.47. The minimum Gasteiger partial charge on any atom is -0.372 e. The number of nitrogens with one attached hydrogen (secondary N) is 1. The van der Waals surface area contributed by atoms with E-state index in [2.05, 4.69) is 30.8 Å². The fourth-order valence-corrected chi connectivity index (χ4v) is 1.52. The minimum atomic E-state index is -4.21. The zero-order valence-electron chi connectivity index (χ0n) is 10.9. The zero-order valence-corrected chi connectivity index (χ0v) is 10.9. The zero-order chi connectivity index (χ0) is 13.3. The van der Waals surface area contributed by atoms with E-state index in [0.717, 1.165) is 19.4 Å². The lowest BCUT2D eigenvalue weighted by Gasteiger charge is -2.21. The molecule has 5 heteroatoms. The van der Waals surface area contributed by atoms with Crippen LogP contribution in [0.5, 0.6) is 0 Å². The Morgan fingerprint density at radius 2 is 1.88 bits per heavy atom. The van der Waals surface area contributed by atoms with Gasteiger partial charge in [-0.05, 0) is 38.6 Å². The average Bonchev–Trinajstić information content (AvgIpc) is 2.23. The van der Waals surface area contributed by atoms with E-state index in [1.54, 1.807) is 0 Å². The highest BCUT2D eigenvalue weighted by Crippen LogP contribution is 2.15. The lowest BCUT2D eigenvalue weighted by molar-refractivity contribution is -0.174. The van der Waals surface area contributed by atoms with Crippen molar-refractivity contribution in [1.82, 2.24) is 5.32 Å².